The van der Waals surface area contributed by atoms with Gasteiger partial charge in [0.2, 0.25) is 0 Å². The number of likely N-dealkylation sites (N-methyl/N-ethyl adjacent to an activating group) is 1. The third-order valence-electron chi connectivity index (χ3n) is 4.28. The van der Waals surface area contributed by atoms with Crippen LogP contribution < -0.4 is 0 Å². The fourth-order valence-corrected chi connectivity index (χ4v) is 2.93. The van der Waals surface area contributed by atoms with E-state index in [1.807, 2.05) is 40.1 Å². The maximum atomic E-state index is 12.2. The van der Waals surface area contributed by atoms with Crippen LogP contribution in [0.5, 0.6) is 0 Å². The summed E-state index contributed by atoms with van der Waals surface area (Å²) in [5, 5.41) is 0. The van der Waals surface area contributed by atoms with Crippen LogP contribution in [0.1, 0.15) is 52.3 Å². The number of hydrogen-bond acceptors (Lipinski definition) is 3. The zero-order valence-corrected chi connectivity index (χ0v) is 14.4. The van der Waals surface area contributed by atoms with E-state index < -0.39 is 5.60 Å². The van der Waals surface area contributed by atoms with E-state index in [0.29, 0.717) is 6.04 Å². The summed E-state index contributed by atoms with van der Waals surface area (Å²) >= 11 is 0. The largest absolute Gasteiger partial charge is 0.444 e. The lowest BCUT2D eigenvalue weighted by Crippen LogP contribution is -2.50. The third-order valence-corrected chi connectivity index (χ3v) is 4.28. The number of hydrogen-bond donors (Lipinski definition) is 1. The number of piperidine rings is 1. The maximum Gasteiger partial charge on any atom is 0.410 e. The normalized spacial score (nSPS) is 21.4. The predicted octanol–water partition coefficient (Wildman–Crippen LogP) is 3.41. The molecule has 2 heterocycles. The van der Waals surface area contributed by atoms with Gasteiger partial charge in [0, 0.05) is 37.6 Å². The number of aromatic nitrogens is 1. The van der Waals surface area contributed by atoms with Crippen LogP contribution in [0, 0.1) is 0 Å². The molecule has 124 valence electrons. The fraction of sp³-hybridized carbons (Fsp3) is 0.706. The van der Waals surface area contributed by atoms with Crippen LogP contribution in [0.3, 0.4) is 0 Å². The topological polar surface area (TPSA) is 48.6 Å². The van der Waals surface area contributed by atoms with Crippen LogP contribution in [-0.4, -0.2) is 52.7 Å². The maximum absolute atomic E-state index is 12.2. The van der Waals surface area contributed by atoms with Crippen molar-refractivity contribution < 1.29 is 9.53 Å². The van der Waals surface area contributed by atoms with E-state index in [0.717, 1.165) is 25.9 Å². The van der Waals surface area contributed by atoms with Gasteiger partial charge in [0.05, 0.1) is 0 Å². The number of H-pyrrole nitrogens is 1. The molecule has 0 saturated carbocycles. The van der Waals surface area contributed by atoms with Gasteiger partial charge in [-0.2, -0.15) is 0 Å². The van der Waals surface area contributed by atoms with Crippen molar-refractivity contribution in [3.63, 3.8) is 0 Å². The fourth-order valence-electron chi connectivity index (χ4n) is 2.93. The molecule has 1 amide bonds. The van der Waals surface area contributed by atoms with Gasteiger partial charge in [0.1, 0.15) is 5.60 Å². The zero-order valence-electron chi connectivity index (χ0n) is 14.4. The highest BCUT2D eigenvalue weighted by atomic mass is 16.6. The van der Waals surface area contributed by atoms with Crippen molar-refractivity contribution >= 4 is 6.09 Å². The third kappa shape index (κ3) is 4.26. The highest BCUT2D eigenvalue weighted by Crippen LogP contribution is 2.25. The molecule has 5 heteroatoms. The van der Waals surface area contributed by atoms with Gasteiger partial charge in [0.25, 0.3) is 0 Å². The van der Waals surface area contributed by atoms with E-state index in [2.05, 4.69) is 22.9 Å². The highest BCUT2D eigenvalue weighted by molar-refractivity contribution is 5.68. The van der Waals surface area contributed by atoms with Gasteiger partial charge in [-0.3, -0.25) is 4.90 Å². The lowest BCUT2D eigenvalue weighted by atomic mass is 10.0. The van der Waals surface area contributed by atoms with Gasteiger partial charge in [0.15, 0.2) is 0 Å². The molecule has 0 radical (unpaired) electrons. The lowest BCUT2D eigenvalue weighted by Gasteiger charge is -2.40. The van der Waals surface area contributed by atoms with Crippen LogP contribution in [0.25, 0.3) is 0 Å². The first kappa shape index (κ1) is 16.9. The second-order valence-electron chi connectivity index (χ2n) is 7.18. The van der Waals surface area contributed by atoms with Crippen molar-refractivity contribution in [2.45, 2.75) is 58.2 Å². The number of aromatic amines is 1. The molecule has 1 aliphatic heterocycles. The van der Waals surface area contributed by atoms with Gasteiger partial charge in [-0.25, -0.2) is 4.79 Å². The van der Waals surface area contributed by atoms with Crippen molar-refractivity contribution in [1.82, 2.24) is 14.8 Å². The van der Waals surface area contributed by atoms with Gasteiger partial charge in [-0.15, -0.1) is 0 Å². The molecule has 22 heavy (non-hydrogen) atoms. The van der Waals surface area contributed by atoms with E-state index in [-0.39, 0.29) is 12.1 Å². The van der Waals surface area contributed by atoms with Crippen molar-refractivity contribution in [2.75, 3.05) is 20.1 Å². The summed E-state index contributed by atoms with van der Waals surface area (Å²) in [6, 6.07) is 4.69. The molecule has 0 aromatic carbocycles. The molecule has 1 aromatic rings. The molecular weight excluding hydrogens is 278 g/mol. The predicted molar refractivity (Wildman–Crippen MR) is 87.8 cm³/mol. The Hall–Kier alpha value is -1.49. The van der Waals surface area contributed by atoms with E-state index in [1.54, 1.807) is 4.90 Å². The minimum absolute atomic E-state index is 0.209. The summed E-state index contributed by atoms with van der Waals surface area (Å²) in [5.41, 5.74) is 0.776. The minimum atomic E-state index is -0.447. The Morgan fingerprint density at radius 3 is 2.82 bits per heavy atom. The molecule has 1 aromatic heterocycles. The molecule has 1 aliphatic rings. The van der Waals surface area contributed by atoms with Gasteiger partial charge >= 0.3 is 6.09 Å². The first-order valence-electron chi connectivity index (χ1n) is 8.11. The quantitative estimate of drug-likeness (QED) is 0.931. The molecular formula is C17H29N3O2. The monoisotopic (exact) mass is 307 g/mol. The number of carbonyl (C=O) groups is 1. The summed E-state index contributed by atoms with van der Waals surface area (Å²) in [5.74, 6) is 0. The average molecular weight is 307 g/mol. The second kappa shape index (κ2) is 6.73. The Balaban J connectivity index is 1.96. The van der Waals surface area contributed by atoms with E-state index in [1.165, 1.54) is 5.69 Å². The standard InChI is InChI=1S/C17H29N3O2/c1-13(15-9-6-10-18-15)20-11-7-8-14(12-20)19(5)16(21)22-17(2,3)4/h6,9-10,13-14,18H,7-8,11-12H2,1-5H3. The zero-order chi connectivity index (χ0) is 16.3. The molecule has 2 unspecified atom stereocenters. The first-order valence-corrected chi connectivity index (χ1v) is 8.11. The number of likely N-dealkylation sites (tertiary alicyclic amines) is 1. The van der Waals surface area contributed by atoms with Crippen molar-refractivity contribution in [3.05, 3.63) is 24.0 Å². The van der Waals surface area contributed by atoms with Crippen LogP contribution in [0.2, 0.25) is 0 Å². The number of rotatable bonds is 3. The average Bonchev–Trinajstić information content (AvgIpc) is 2.98. The van der Waals surface area contributed by atoms with Crippen LogP contribution in [0.4, 0.5) is 4.79 Å². The number of carbonyl (C=O) groups excluding carboxylic acids is 1. The summed E-state index contributed by atoms with van der Waals surface area (Å²) in [7, 11) is 1.85. The summed E-state index contributed by atoms with van der Waals surface area (Å²) in [6.45, 7) is 9.87. The van der Waals surface area contributed by atoms with Gasteiger partial charge < -0.3 is 14.6 Å². The van der Waals surface area contributed by atoms with Gasteiger partial charge in [-0.1, -0.05) is 0 Å². The van der Waals surface area contributed by atoms with Crippen molar-refractivity contribution in [3.8, 4) is 0 Å². The first-order chi connectivity index (χ1) is 10.3. The Bertz CT molecular complexity index is 479. The van der Waals surface area contributed by atoms with Crippen LogP contribution in [-0.2, 0) is 4.74 Å². The van der Waals surface area contributed by atoms with E-state index >= 15 is 0 Å². The van der Waals surface area contributed by atoms with Crippen molar-refractivity contribution in [1.29, 1.82) is 0 Å². The molecule has 5 nitrogen and oxygen atoms in total. The molecule has 1 fully saturated rings. The Labute approximate surface area is 133 Å². The molecule has 2 atom stereocenters. The Morgan fingerprint density at radius 2 is 2.23 bits per heavy atom. The SMILES string of the molecule is CC(c1ccc[nH]1)N1CCCC(N(C)C(=O)OC(C)(C)C)C1. The molecule has 1 saturated heterocycles. The molecule has 0 bridgehead atoms. The number of amides is 1. The summed E-state index contributed by atoms with van der Waals surface area (Å²) < 4.78 is 5.48. The van der Waals surface area contributed by atoms with Crippen LogP contribution >= 0.6 is 0 Å². The number of ether oxygens (including phenoxy) is 1. The van der Waals surface area contributed by atoms with Crippen molar-refractivity contribution in [2.24, 2.45) is 0 Å². The summed E-state index contributed by atoms with van der Waals surface area (Å²) in [6.07, 6.45) is 3.86. The van der Waals surface area contributed by atoms with Crippen LogP contribution in [0.15, 0.2) is 18.3 Å². The summed E-state index contributed by atoms with van der Waals surface area (Å²) in [4.78, 5) is 19.7. The second-order valence-corrected chi connectivity index (χ2v) is 7.18. The highest BCUT2D eigenvalue weighted by Gasteiger charge is 2.31. The Morgan fingerprint density at radius 1 is 1.50 bits per heavy atom. The Kier molecular flexibility index (Phi) is 5.16. The smallest absolute Gasteiger partial charge is 0.410 e. The van der Waals surface area contributed by atoms with E-state index in [4.69, 9.17) is 4.74 Å². The van der Waals surface area contributed by atoms with Gasteiger partial charge in [-0.05, 0) is 59.2 Å². The molecule has 1 N–H and O–H groups in total. The minimum Gasteiger partial charge on any atom is -0.444 e. The molecule has 0 spiro atoms. The number of nitrogens with zero attached hydrogens (tertiary/aromatic N) is 2. The molecule has 2 rings (SSSR count). The number of nitrogens with one attached hydrogen (secondary N) is 1. The lowest BCUT2D eigenvalue weighted by molar-refractivity contribution is 0.0104. The molecule has 0 aliphatic carbocycles. The van der Waals surface area contributed by atoms with E-state index in [9.17, 15) is 4.79 Å².